The van der Waals surface area contributed by atoms with E-state index in [0.717, 1.165) is 5.56 Å². The standard InChI is InChI=1S/C33H30ClN9O4/c34-27-11-4-1-9-24(27)21-37-41-32(45)33(20-23-8-2-5-12-28(23)39-42-35)30(26-10-3-6-13-29(26)40-43-36)47-31(38-33)22-14-16-25(17-15-22)46-19-7-18-44/h1-6,8-17,30,37,44H,7,18-21H2,(H,41,45)/t30-,33-/m0/s1. The van der Waals surface area contributed by atoms with Gasteiger partial charge in [0.2, 0.25) is 5.90 Å². The Labute approximate surface area is 275 Å². The van der Waals surface area contributed by atoms with Gasteiger partial charge < -0.3 is 14.6 Å². The van der Waals surface area contributed by atoms with E-state index >= 15 is 0 Å². The lowest BCUT2D eigenvalue weighted by Crippen LogP contribution is -2.53. The molecular formula is C33H30ClN9O4. The number of nitrogens with zero attached hydrogens (tertiary/aromatic N) is 7. The SMILES string of the molecule is [N-]=[N+]=Nc1ccccc1C[C@]1(C(=O)NNCc2ccccc2Cl)N=C(c2ccc(OCCCO)cc2)O[C@H]1c1ccccc1N=[N+]=[N-]. The molecule has 0 bridgehead atoms. The number of carbonyl (C=O) groups is 1. The molecule has 14 heteroatoms. The summed E-state index contributed by atoms with van der Waals surface area (Å²) in [4.78, 5) is 25.4. The van der Waals surface area contributed by atoms with Crippen molar-refractivity contribution in [1.82, 2.24) is 10.9 Å². The number of rotatable bonds is 14. The number of nitrogens with one attached hydrogen (secondary N) is 2. The smallest absolute Gasteiger partial charge is 0.266 e. The van der Waals surface area contributed by atoms with Crippen molar-refractivity contribution in [1.29, 1.82) is 0 Å². The van der Waals surface area contributed by atoms with E-state index in [0.29, 0.717) is 46.2 Å². The van der Waals surface area contributed by atoms with Gasteiger partial charge in [-0.1, -0.05) is 88.6 Å². The van der Waals surface area contributed by atoms with Crippen molar-refractivity contribution in [2.24, 2.45) is 15.2 Å². The molecule has 4 aromatic carbocycles. The molecule has 13 nitrogen and oxygen atoms in total. The number of hydrogen-bond donors (Lipinski definition) is 3. The van der Waals surface area contributed by atoms with Gasteiger partial charge in [-0.25, -0.2) is 10.4 Å². The summed E-state index contributed by atoms with van der Waals surface area (Å²) in [5.74, 6) is 0.192. The van der Waals surface area contributed by atoms with Gasteiger partial charge in [0, 0.05) is 63.3 Å². The molecule has 0 spiro atoms. The average Bonchev–Trinajstić information content (AvgIpc) is 3.47. The van der Waals surface area contributed by atoms with E-state index in [1.54, 1.807) is 78.9 Å². The summed E-state index contributed by atoms with van der Waals surface area (Å²) in [7, 11) is 0. The molecule has 238 valence electrons. The lowest BCUT2D eigenvalue weighted by molar-refractivity contribution is -0.130. The molecular weight excluding hydrogens is 622 g/mol. The van der Waals surface area contributed by atoms with Crippen LogP contribution in [0.2, 0.25) is 5.02 Å². The number of amides is 1. The third-order valence-corrected chi connectivity index (χ3v) is 7.81. The number of aliphatic hydroxyl groups is 1. The largest absolute Gasteiger partial charge is 0.494 e. The number of hydrazine groups is 1. The van der Waals surface area contributed by atoms with Crippen LogP contribution in [0.4, 0.5) is 11.4 Å². The van der Waals surface area contributed by atoms with E-state index in [1.807, 2.05) is 18.2 Å². The van der Waals surface area contributed by atoms with Gasteiger partial charge in [0.25, 0.3) is 5.91 Å². The van der Waals surface area contributed by atoms with Crippen molar-refractivity contribution >= 4 is 34.8 Å². The predicted octanol–water partition coefficient (Wildman–Crippen LogP) is 7.31. The molecule has 1 aliphatic heterocycles. The molecule has 1 aliphatic rings. The molecule has 0 aliphatic carbocycles. The normalized spacial score (nSPS) is 16.6. The van der Waals surface area contributed by atoms with E-state index in [1.165, 1.54) is 0 Å². The molecule has 0 aromatic heterocycles. The van der Waals surface area contributed by atoms with Crippen LogP contribution in [0.15, 0.2) is 112 Å². The van der Waals surface area contributed by atoms with E-state index in [9.17, 15) is 15.9 Å². The van der Waals surface area contributed by atoms with Crippen LogP contribution in [0.1, 0.15) is 34.8 Å². The Balaban J connectivity index is 1.61. The molecule has 0 unspecified atom stereocenters. The molecule has 3 N–H and O–H groups in total. The number of carbonyl (C=O) groups excluding carboxylic acids is 1. The first kappa shape index (κ1) is 32.8. The van der Waals surface area contributed by atoms with Crippen molar-refractivity contribution in [3.8, 4) is 5.75 Å². The topological polar surface area (TPSA) is 190 Å². The van der Waals surface area contributed by atoms with E-state index < -0.39 is 17.6 Å². The van der Waals surface area contributed by atoms with Crippen molar-refractivity contribution < 1.29 is 19.4 Å². The first-order valence-corrected chi connectivity index (χ1v) is 15.0. The lowest BCUT2D eigenvalue weighted by atomic mass is 9.81. The van der Waals surface area contributed by atoms with Gasteiger partial charge >= 0.3 is 0 Å². The van der Waals surface area contributed by atoms with Crippen LogP contribution < -0.4 is 15.6 Å². The van der Waals surface area contributed by atoms with Crippen LogP contribution in [-0.4, -0.2) is 35.7 Å². The molecule has 1 heterocycles. The molecule has 4 aromatic rings. The van der Waals surface area contributed by atoms with Crippen molar-refractivity contribution in [2.75, 3.05) is 13.2 Å². The molecule has 1 amide bonds. The number of halogens is 1. The monoisotopic (exact) mass is 651 g/mol. The van der Waals surface area contributed by atoms with Gasteiger partial charge in [-0.3, -0.25) is 10.2 Å². The van der Waals surface area contributed by atoms with Crippen LogP contribution in [0.3, 0.4) is 0 Å². The summed E-state index contributed by atoms with van der Waals surface area (Å²) in [5, 5.41) is 17.3. The minimum absolute atomic E-state index is 0.0155. The first-order valence-electron chi connectivity index (χ1n) is 14.6. The highest BCUT2D eigenvalue weighted by atomic mass is 35.5. The summed E-state index contributed by atoms with van der Waals surface area (Å²) in [6, 6.07) is 27.9. The fourth-order valence-corrected chi connectivity index (χ4v) is 5.38. The Morgan fingerprint density at radius 3 is 2.32 bits per heavy atom. The minimum atomic E-state index is -1.69. The van der Waals surface area contributed by atoms with Crippen LogP contribution in [0.25, 0.3) is 20.9 Å². The second-order valence-corrected chi connectivity index (χ2v) is 10.8. The second-order valence-electron chi connectivity index (χ2n) is 10.4. The predicted molar refractivity (Wildman–Crippen MR) is 177 cm³/mol. The number of benzene rings is 4. The first-order chi connectivity index (χ1) is 23.0. The average molecular weight is 652 g/mol. The maximum absolute atomic E-state index is 14.5. The van der Waals surface area contributed by atoms with Crippen LogP contribution >= 0.6 is 11.6 Å². The molecule has 0 radical (unpaired) electrons. The zero-order valence-electron chi connectivity index (χ0n) is 25.0. The highest BCUT2D eigenvalue weighted by molar-refractivity contribution is 6.31. The van der Waals surface area contributed by atoms with Gasteiger partial charge in [-0.2, -0.15) is 0 Å². The quantitative estimate of drug-likeness (QED) is 0.0423. The Morgan fingerprint density at radius 2 is 1.60 bits per heavy atom. The summed E-state index contributed by atoms with van der Waals surface area (Å²) in [6.45, 7) is 0.578. The number of aliphatic hydroxyl groups excluding tert-OH is 1. The van der Waals surface area contributed by atoms with Crippen molar-refractivity contribution in [3.63, 3.8) is 0 Å². The maximum atomic E-state index is 14.5. The Kier molecular flexibility index (Phi) is 10.9. The van der Waals surface area contributed by atoms with E-state index in [2.05, 4.69) is 30.9 Å². The van der Waals surface area contributed by atoms with Gasteiger partial charge in [0.1, 0.15) is 5.75 Å². The molecule has 5 rings (SSSR count). The molecule has 0 fully saturated rings. The summed E-state index contributed by atoms with van der Waals surface area (Å²) in [5.41, 5.74) is 25.6. The molecule has 47 heavy (non-hydrogen) atoms. The maximum Gasteiger partial charge on any atom is 0.266 e. The fraction of sp³-hybridized carbons (Fsp3) is 0.212. The Hall–Kier alpha value is -5.55. The summed E-state index contributed by atoms with van der Waals surface area (Å²) in [6.07, 6.45) is -0.646. The number of ether oxygens (including phenoxy) is 2. The highest BCUT2D eigenvalue weighted by Crippen LogP contribution is 2.46. The summed E-state index contributed by atoms with van der Waals surface area (Å²) < 4.78 is 12.2. The third kappa shape index (κ3) is 7.64. The molecule has 0 saturated heterocycles. The molecule has 0 saturated carbocycles. The zero-order valence-corrected chi connectivity index (χ0v) is 25.8. The van der Waals surface area contributed by atoms with E-state index in [-0.39, 0.29) is 31.2 Å². The fourth-order valence-electron chi connectivity index (χ4n) is 5.17. The van der Waals surface area contributed by atoms with Crippen molar-refractivity contribution in [3.05, 3.63) is 145 Å². The van der Waals surface area contributed by atoms with Gasteiger partial charge in [-0.05, 0) is 52.5 Å². The Morgan fingerprint density at radius 1 is 0.936 bits per heavy atom. The van der Waals surface area contributed by atoms with Crippen molar-refractivity contribution in [2.45, 2.75) is 31.0 Å². The second kappa shape index (κ2) is 15.6. The minimum Gasteiger partial charge on any atom is -0.494 e. The zero-order chi connectivity index (χ0) is 33.1. The number of aliphatic imine (C=N–C) groups is 1. The lowest BCUT2D eigenvalue weighted by Gasteiger charge is -2.31. The van der Waals surface area contributed by atoms with Crippen LogP contribution in [-0.2, 0) is 22.5 Å². The molecule has 2 atom stereocenters. The van der Waals surface area contributed by atoms with Gasteiger partial charge in [-0.15, -0.1) is 0 Å². The number of hydrogen-bond acceptors (Lipinski definition) is 8. The van der Waals surface area contributed by atoms with Gasteiger partial charge in [0.15, 0.2) is 11.6 Å². The Bertz CT molecular complexity index is 1860. The van der Waals surface area contributed by atoms with Crippen LogP contribution in [0, 0.1) is 0 Å². The van der Waals surface area contributed by atoms with E-state index in [4.69, 9.17) is 31.2 Å². The number of azide groups is 2. The van der Waals surface area contributed by atoms with Crippen LogP contribution in [0.5, 0.6) is 5.75 Å². The van der Waals surface area contributed by atoms with Gasteiger partial charge in [0.05, 0.1) is 6.61 Å². The third-order valence-electron chi connectivity index (χ3n) is 7.44. The summed E-state index contributed by atoms with van der Waals surface area (Å²) >= 11 is 6.34. The highest BCUT2D eigenvalue weighted by Gasteiger charge is 2.54.